The Morgan fingerprint density at radius 1 is 1.61 bits per heavy atom. The summed E-state index contributed by atoms with van der Waals surface area (Å²) >= 11 is 4.97. The number of anilines is 1. The van der Waals surface area contributed by atoms with Gasteiger partial charge in [0.2, 0.25) is 10.7 Å². The maximum absolute atomic E-state index is 11.3. The molecule has 0 aliphatic carbocycles. The molecule has 0 atom stereocenters. The number of nitrogens with one attached hydrogen (secondary N) is 2. The summed E-state index contributed by atoms with van der Waals surface area (Å²) in [6, 6.07) is 8.73. The van der Waals surface area contributed by atoms with Crippen molar-refractivity contribution in [1.29, 1.82) is 5.26 Å². The minimum Gasteiger partial charge on any atom is -0.325 e. The van der Waals surface area contributed by atoms with Crippen LogP contribution in [0.4, 0.5) is 5.69 Å². The lowest BCUT2D eigenvalue weighted by atomic mass is 10.2. The fourth-order valence-electron chi connectivity index (χ4n) is 1.37. The van der Waals surface area contributed by atoms with Crippen LogP contribution >= 0.6 is 12.2 Å². The van der Waals surface area contributed by atoms with Gasteiger partial charge in [0.25, 0.3) is 0 Å². The Hall–Kier alpha value is -2.53. The van der Waals surface area contributed by atoms with E-state index in [1.165, 1.54) is 4.68 Å². The Labute approximate surface area is 107 Å². The highest BCUT2D eigenvalue weighted by Crippen LogP contribution is 2.13. The van der Waals surface area contributed by atoms with E-state index in [2.05, 4.69) is 20.8 Å². The van der Waals surface area contributed by atoms with Crippen molar-refractivity contribution in [2.45, 2.75) is 6.42 Å². The highest BCUT2D eigenvalue weighted by molar-refractivity contribution is 7.71. The number of H-pyrrole nitrogens is 1. The molecule has 0 saturated heterocycles. The Morgan fingerprint density at radius 2 is 2.44 bits per heavy atom. The molecule has 0 radical (unpaired) electrons. The van der Waals surface area contributed by atoms with E-state index in [4.69, 9.17) is 17.5 Å². The van der Waals surface area contributed by atoms with E-state index >= 15 is 0 Å². The van der Waals surface area contributed by atoms with Crippen LogP contribution < -0.4 is 5.32 Å². The summed E-state index contributed by atoms with van der Waals surface area (Å²) in [5.74, 6) is -0.360. The molecule has 0 aliphatic heterocycles. The van der Waals surface area contributed by atoms with Gasteiger partial charge in [0.15, 0.2) is 0 Å². The lowest BCUT2D eigenvalue weighted by Crippen LogP contribution is -2.10. The van der Waals surface area contributed by atoms with Crippen LogP contribution in [-0.2, 0) is 4.79 Å². The molecule has 0 saturated carbocycles. The minimum absolute atomic E-state index is 0.185. The number of tetrazole rings is 1. The predicted octanol–water partition coefficient (Wildman–Crippen LogP) is 1.18. The van der Waals surface area contributed by atoms with E-state index in [9.17, 15) is 4.79 Å². The number of nitrogens with zero attached hydrogens (tertiary/aromatic N) is 4. The number of aromatic nitrogens is 4. The van der Waals surface area contributed by atoms with E-state index in [1.54, 1.807) is 30.3 Å². The monoisotopic (exact) mass is 260 g/mol. The first kappa shape index (κ1) is 11.9. The molecular formula is C10H8N6OS. The van der Waals surface area contributed by atoms with Gasteiger partial charge in [0, 0.05) is 5.69 Å². The molecule has 1 amide bonds. The first-order valence-electron chi connectivity index (χ1n) is 4.98. The average Bonchev–Trinajstić information content (AvgIpc) is 2.76. The molecule has 90 valence electrons. The molecule has 18 heavy (non-hydrogen) atoms. The highest BCUT2D eigenvalue weighted by Gasteiger charge is 2.04. The van der Waals surface area contributed by atoms with Gasteiger partial charge < -0.3 is 5.32 Å². The number of hydrogen-bond acceptors (Lipinski definition) is 5. The third-order valence-electron chi connectivity index (χ3n) is 2.10. The molecule has 1 heterocycles. The quantitative estimate of drug-likeness (QED) is 0.807. The zero-order valence-electron chi connectivity index (χ0n) is 9.12. The van der Waals surface area contributed by atoms with Gasteiger partial charge in [0.05, 0.1) is 11.8 Å². The van der Waals surface area contributed by atoms with Crippen LogP contribution in [-0.4, -0.2) is 26.1 Å². The van der Waals surface area contributed by atoms with Gasteiger partial charge in [0.1, 0.15) is 6.42 Å². The first-order chi connectivity index (χ1) is 8.70. The van der Waals surface area contributed by atoms with Crippen LogP contribution in [0.3, 0.4) is 0 Å². The number of carbonyl (C=O) groups is 1. The third-order valence-corrected chi connectivity index (χ3v) is 2.36. The topological polar surface area (TPSA) is 99.4 Å². The predicted molar refractivity (Wildman–Crippen MR) is 65.4 cm³/mol. The van der Waals surface area contributed by atoms with Crippen molar-refractivity contribution in [3.8, 4) is 11.8 Å². The molecule has 2 rings (SSSR count). The second-order valence-corrected chi connectivity index (χ2v) is 3.72. The largest absolute Gasteiger partial charge is 0.325 e. The van der Waals surface area contributed by atoms with Gasteiger partial charge >= 0.3 is 0 Å². The summed E-state index contributed by atoms with van der Waals surface area (Å²) in [7, 11) is 0. The number of rotatable bonds is 3. The Balaban J connectivity index is 2.26. The Bertz CT molecular complexity index is 667. The summed E-state index contributed by atoms with van der Waals surface area (Å²) in [6.45, 7) is 0. The van der Waals surface area contributed by atoms with Crippen molar-refractivity contribution in [3.05, 3.63) is 29.0 Å². The van der Waals surface area contributed by atoms with Crippen LogP contribution in [0.1, 0.15) is 6.42 Å². The molecule has 1 aromatic heterocycles. The van der Waals surface area contributed by atoms with Gasteiger partial charge in [-0.2, -0.15) is 10.5 Å². The highest BCUT2D eigenvalue weighted by atomic mass is 32.1. The lowest BCUT2D eigenvalue weighted by Gasteiger charge is -2.05. The van der Waals surface area contributed by atoms with Gasteiger partial charge in [-0.05, 0) is 30.4 Å². The molecule has 0 aliphatic rings. The van der Waals surface area contributed by atoms with E-state index in [0.29, 0.717) is 11.4 Å². The fraction of sp³-hybridized carbons (Fsp3) is 0.100. The number of amides is 1. The summed E-state index contributed by atoms with van der Waals surface area (Å²) in [5.41, 5.74) is 1.27. The van der Waals surface area contributed by atoms with E-state index < -0.39 is 0 Å². The van der Waals surface area contributed by atoms with Crippen LogP contribution in [0.2, 0.25) is 0 Å². The summed E-state index contributed by atoms with van der Waals surface area (Å²) < 4.78 is 1.78. The van der Waals surface area contributed by atoms with Crippen LogP contribution in [0.5, 0.6) is 0 Å². The molecule has 0 spiro atoms. The van der Waals surface area contributed by atoms with Crippen molar-refractivity contribution >= 4 is 23.8 Å². The first-order valence-corrected chi connectivity index (χ1v) is 5.39. The fourth-order valence-corrected chi connectivity index (χ4v) is 1.55. The lowest BCUT2D eigenvalue weighted by molar-refractivity contribution is -0.115. The molecule has 8 heteroatoms. The van der Waals surface area contributed by atoms with Crippen molar-refractivity contribution < 1.29 is 4.79 Å². The van der Waals surface area contributed by atoms with Crippen molar-refractivity contribution in [1.82, 2.24) is 20.2 Å². The van der Waals surface area contributed by atoms with Crippen molar-refractivity contribution in [2.24, 2.45) is 0 Å². The summed E-state index contributed by atoms with van der Waals surface area (Å²) in [4.78, 5) is 11.3. The Kier molecular flexibility index (Phi) is 3.45. The second kappa shape index (κ2) is 5.20. The normalized spacial score (nSPS) is 9.72. The van der Waals surface area contributed by atoms with E-state index in [-0.39, 0.29) is 17.1 Å². The maximum Gasteiger partial charge on any atom is 0.242 e. The smallest absolute Gasteiger partial charge is 0.242 e. The van der Waals surface area contributed by atoms with E-state index in [1.807, 2.05) is 0 Å². The number of benzene rings is 1. The summed E-state index contributed by atoms with van der Waals surface area (Å²) in [6.07, 6.45) is -0.185. The zero-order valence-corrected chi connectivity index (χ0v) is 9.94. The van der Waals surface area contributed by atoms with Crippen LogP contribution in [0.15, 0.2) is 24.3 Å². The SMILES string of the molecule is N#CCC(=O)Nc1cccc(-n2[nH]nnc2=S)c1. The number of aromatic amines is 1. The van der Waals surface area contributed by atoms with Gasteiger partial charge in [-0.3, -0.25) is 4.79 Å². The molecule has 2 aromatic rings. The summed E-state index contributed by atoms with van der Waals surface area (Å²) in [5, 5.41) is 20.8. The average molecular weight is 260 g/mol. The Morgan fingerprint density at radius 3 is 3.11 bits per heavy atom. The van der Waals surface area contributed by atoms with Crippen molar-refractivity contribution in [3.63, 3.8) is 0 Å². The molecule has 7 nitrogen and oxygen atoms in total. The molecule has 2 N–H and O–H groups in total. The van der Waals surface area contributed by atoms with Gasteiger partial charge in [-0.1, -0.05) is 16.4 Å². The third kappa shape index (κ3) is 2.58. The van der Waals surface area contributed by atoms with Crippen molar-refractivity contribution in [2.75, 3.05) is 5.32 Å². The van der Waals surface area contributed by atoms with Gasteiger partial charge in [-0.25, -0.2) is 4.68 Å². The molecule has 0 unspecified atom stereocenters. The minimum atomic E-state index is -0.360. The number of hydrogen-bond donors (Lipinski definition) is 2. The van der Waals surface area contributed by atoms with E-state index in [0.717, 1.165) is 0 Å². The maximum atomic E-state index is 11.3. The zero-order chi connectivity index (χ0) is 13.0. The van der Waals surface area contributed by atoms with Crippen LogP contribution in [0, 0.1) is 16.1 Å². The second-order valence-electron chi connectivity index (χ2n) is 3.35. The number of nitriles is 1. The molecule has 1 aromatic carbocycles. The number of carbonyl (C=O) groups excluding carboxylic acids is 1. The van der Waals surface area contributed by atoms with Crippen LogP contribution in [0.25, 0.3) is 5.69 Å². The molecule has 0 bridgehead atoms. The molecular weight excluding hydrogens is 252 g/mol. The molecule has 0 fully saturated rings. The van der Waals surface area contributed by atoms with Gasteiger partial charge in [-0.15, -0.1) is 0 Å². The standard InChI is InChI=1S/C10H8N6OS/c11-5-4-9(17)12-7-2-1-3-8(6-7)16-10(18)13-14-15-16/h1-3,6H,4H2,(H,12,17)(H,13,15,18).